The molecule has 92 valence electrons. The minimum atomic E-state index is -0.485. The van der Waals surface area contributed by atoms with Gasteiger partial charge < -0.3 is 10.6 Å². The molecule has 0 spiro atoms. The van der Waals surface area contributed by atoms with Crippen LogP contribution in [0.4, 0.5) is 0 Å². The molecule has 0 bridgehead atoms. The zero-order valence-electron chi connectivity index (χ0n) is 10.5. The first kappa shape index (κ1) is 13.2. The summed E-state index contributed by atoms with van der Waals surface area (Å²) in [6, 6.07) is 5.52. The first-order chi connectivity index (χ1) is 8.04. The molecule has 17 heavy (non-hydrogen) atoms. The Hall–Kier alpha value is -1.84. The van der Waals surface area contributed by atoms with Gasteiger partial charge in [0.2, 0.25) is 0 Å². The largest absolute Gasteiger partial charge is 0.385 e. The highest BCUT2D eigenvalue weighted by atomic mass is 16.7. The highest BCUT2D eigenvalue weighted by Crippen LogP contribution is 2.14. The van der Waals surface area contributed by atoms with Crippen LogP contribution in [-0.2, 0) is 11.3 Å². The number of oxime groups is 1. The number of amidine groups is 1. The molecular weight excluding hydrogens is 216 g/mol. The first-order valence-electron chi connectivity index (χ1n) is 5.65. The number of aryl methyl sites for hydroxylation is 2. The molecule has 4 nitrogen and oxygen atoms in total. The van der Waals surface area contributed by atoms with Crippen molar-refractivity contribution in [3.8, 4) is 0 Å². The summed E-state index contributed by atoms with van der Waals surface area (Å²) >= 11 is 0. The minimum absolute atomic E-state index is 0.220. The van der Waals surface area contributed by atoms with E-state index in [1.165, 1.54) is 5.56 Å². The number of nitrogens with two attached hydrogens (primary N) is 1. The Kier molecular flexibility index (Phi) is 4.69. The van der Waals surface area contributed by atoms with Gasteiger partial charge in [0.15, 0.2) is 0 Å². The molecule has 0 aromatic heterocycles. The Morgan fingerprint density at radius 2 is 2.18 bits per heavy atom. The summed E-state index contributed by atoms with van der Waals surface area (Å²) in [6.45, 7) is 5.67. The van der Waals surface area contributed by atoms with Gasteiger partial charge in [-0.2, -0.15) is 0 Å². The monoisotopic (exact) mass is 234 g/mol. The molecule has 0 aliphatic rings. The second-order valence-corrected chi connectivity index (χ2v) is 4.00. The van der Waals surface area contributed by atoms with Gasteiger partial charge in [-0.15, -0.1) is 0 Å². The number of hydrogen-bond donors (Lipinski definition) is 1. The van der Waals surface area contributed by atoms with Gasteiger partial charge in [0.1, 0.15) is 5.84 Å². The summed E-state index contributed by atoms with van der Waals surface area (Å²) in [6.07, 6.45) is 2.10. The van der Waals surface area contributed by atoms with Crippen LogP contribution in [0, 0.1) is 6.92 Å². The minimum Gasteiger partial charge on any atom is -0.385 e. The molecule has 0 amide bonds. The van der Waals surface area contributed by atoms with Gasteiger partial charge >= 0.3 is 5.97 Å². The van der Waals surface area contributed by atoms with Crippen LogP contribution in [0.2, 0.25) is 0 Å². The van der Waals surface area contributed by atoms with E-state index in [0.29, 0.717) is 5.56 Å². The average Bonchev–Trinajstić information content (AvgIpc) is 2.28. The summed E-state index contributed by atoms with van der Waals surface area (Å²) in [5.74, 6) is -0.265. The molecule has 0 unspecified atom stereocenters. The van der Waals surface area contributed by atoms with Crippen molar-refractivity contribution >= 4 is 11.8 Å². The molecule has 4 heteroatoms. The molecule has 0 aliphatic heterocycles. The lowest BCUT2D eigenvalue weighted by Crippen LogP contribution is -2.09. The van der Waals surface area contributed by atoms with Crippen molar-refractivity contribution in [1.82, 2.24) is 0 Å². The van der Waals surface area contributed by atoms with Crippen LogP contribution in [-0.4, -0.2) is 11.8 Å². The Morgan fingerprint density at radius 1 is 1.47 bits per heavy atom. The number of hydrogen-bond acceptors (Lipinski definition) is 3. The van der Waals surface area contributed by atoms with Crippen molar-refractivity contribution in [2.24, 2.45) is 10.9 Å². The van der Waals surface area contributed by atoms with Gasteiger partial charge in [0.25, 0.3) is 0 Å². The Balaban J connectivity index is 2.82. The van der Waals surface area contributed by atoms with Crippen molar-refractivity contribution in [3.05, 3.63) is 34.9 Å². The molecule has 0 atom stereocenters. The number of benzene rings is 1. The Morgan fingerprint density at radius 3 is 2.71 bits per heavy atom. The third-order valence-corrected chi connectivity index (χ3v) is 2.37. The van der Waals surface area contributed by atoms with Crippen molar-refractivity contribution in [1.29, 1.82) is 0 Å². The number of nitrogens with zero attached hydrogens (tertiary/aromatic N) is 1. The first-order valence-corrected chi connectivity index (χ1v) is 5.65. The van der Waals surface area contributed by atoms with Crippen LogP contribution >= 0.6 is 0 Å². The van der Waals surface area contributed by atoms with Crippen LogP contribution in [0.1, 0.15) is 41.8 Å². The maximum absolute atomic E-state index is 11.6. The normalized spacial score (nSPS) is 11.4. The molecule has 0 saturated carbocycles. The molecule has 1 aromatic carbocycles. The average molecular weight is 234 g/mol. The van der Waals surface area contributed by atoms with E-state index < -0.39 is 5.97 Å². The summed E-state index contributed by atoms with van der Waals surface area (Å²) in [5.41, 5.74) is 8.12. The van der Waals surface area contributed by atoms with Crippen LogP contribution in [0.15, 0.2) is 23.4 Å². The van der Waals surface area contributed by atoms with Gasteiger partial charge in [-0.05, 0) is 43.5 Å². The Bertz CT molecular complexity index is 435. The second kappa shape index (κ2) is 6.03. The van der Waals surface area contributed by atoms with Crippen molar-refractivity contribution in [2.75, 3.05) is 0 Å². The summed E-state index contributed by atoms with van der Waals surface area (Å²) in [4.78, 5) is 16.3. The number of carbonyl (C=O) groups is 1. The zero-order valence-corrected chi connectivity index (χ0v) is 10.5. The van der Waals surface area contributed by atoms with Crippen LogP contribution in [0.5, 0.6) is 0 Å². The third kappa shape index (κ3) is 3.90. The molecule has 0 heterocycles. The SMILES string of the molecule is CCCc1ccc(C(=O)O/N=C(/C)N)cc1C. The fraction of sp³-hybridized carbons (Fsp3) is 0.385. The predicted molar refractivity (Wildman–Crippen MR) is 67.9 cm³/mol. The van der Waals surface area contributed by atoms with Crippen molar-refractivity contribution in [2.45, 2.75) is 33.6 Å². The molecule has 0 radical (unpaired) electrons. The van der Waals surface area contributed by atoms with Crippen LogP contribution in [0.3, 0.4) is 0 Å². The third-order valence-electron chi connectivity index (χ3n) is 2.37. The Labute approximate surface area is 101 Å². The fourth-order valence-corrected chi connectivity index (χ4v) is 1.54. The van der Waals surface area contributed by atoms with Crippen molar-refractivity contribution in [3.63, 3.8) is 0 Å². The fourth-order valence-electron chi connectivity index (χ4n) is 1.54. The van der Waals surface area contributed by atoms with Gasteiger partial charge in [0, 0.05) is 0 Å². The summed E-state index contributed by atoms with van der Waals surface area (Å²) in [7, 11) is 0. The molecule has 2 N–H and O–H groups in total. The highest BCUT2D eigenvalue weighted by Gasteiger charge is 2.09. The van der Waals surface area contributed by atoms with Gasteiger partial charge in [-0.1, -0.05) is 24.6 Å². The quantitative estimate of drug-likeness (QED) is 0.376. The summed E-state index contributed by atoms with van der Waals surface area (Å²) in [5, 5.41) is 3.43. The van der Waals surface area contributed by atoms with E-state index in [1.807, 2.05) is 19.1 Å². The van der Waals surface area contributed by atoms with Gasteiger partial charge in [0.05, 0.1) is 5.56 Å². The van der Waals surface area contributed by atoms with E-state index in [9.17, 15) is 4.79 Å². The lowest BCUT2D eigenvalue weighted by molar-refractivity contribution is 0.0515. The molecule has 0 aliphatic carbocycles. The highest BCUT2D eigenvalue weighted by molar-refractivity contribution is 5.90. The molecular formula is C13H18N2O2. The lowest BCUT2D eigenvalue weighted by Gasteiger charge is -2.06. The maximum atomic E-state index is 11.6. The van der Waals surface area contributed by atoms with E-state index in [1.54, 1.807) is 13.0 Å². The van der Waals surface area contributed by atoms with E-state index in [0.717, 1.165) is 18.4 Å². The predicted octanol–water partition coefficient (Wildman–Crippen LogP) is 2.40. The number of carbonyl (C=O) groups excluding carboxylic acids is 1. The van der Waals surface area contributed by atoms with Gasteiger partial charge in [-0.25, -0.2) is 4.79 Å². The molecule has 1 rings (SSSR count). The lowest BCUT2D eigenvalue weighted by atomic mass is 10.0. The second-order valence-electron chi connectivity index (χ2n) is 4.00. The summed E-state index contributed by atoms with van der Waals surface area (Å²) < 4.78 is 0. The molecule has 0 fully saturated rings. The molecule has 1 aromatic rings. The number of rotatable bonds is 4. The van der Waals surface area contributed by atoms with E-state index in [-0.39, 0.29) is 5.84 Å². The van der Waals surface area contributed by atoms with Crippen LogP contribution in [0.25, 0.3) is 0 Å². The van der Waals surface area contributed by atoms with E-state index >= 15 is 0 Å². The topological polar surface area (TPSA) is 64.7 Å². The van der Waals surface area contributed by atoms with Gasteiger partial charge in [-0.3, -0.25) is 0 Å². The van der Waals surface area contributed by atoms with Crippen LogP contribution < -0.4 is 5.73 Å². The van der Waals surface area contributed by atoms with E-state index in [4.69, 9.17) is 5.73 Å². The molecule has 0 saturated heterocycles. The van der Waals surface area contributed by atoms with E-state index in [2.05, 4.69) is 16.9 Å². The maximum Gasteiger partial charge on any atom is 0.365 e. The standard InChI is InChI=1S/C13H18N2O2/c1-4-5-11-6-7-12(8-9(11)2)13(16)17-15-10(3)14/h6-8H,4-5H2,1-3H3,(H2,14,15). The smallest absolute Gasteiger partial charge is 0.365 e. The zero-order chi connectivity index (χ0) is 12.8. The van der Waals surface area contributed by atoms with Crippen molar-refractivity contribution < 1.29 is 9.63 Å².